The van der Waals surface area contributed by atoms with Crippen molar-refractivity contribution in [1.29, 1.82) is 0 Å². The summed E-state index contributed by atoms with van der Waals surface area (Å²) in [5.74, 6) is 0. The van der Waals surface area contributed by atoms with Gasteiger partial charge in [0.05, 0.1) is 6.20 Å². The van der Waals surface area contributed by atoms with E-state index in [2.05, 4.69) is 15.0 Å². The molecule has 2 aromatic heterocycles. The maximum atomic E-state index is 11.2. The van der Waals surface area contributed by atoms with E-state index in [-0.39, 0.29) is 5.28 Å². The van der Waals surface area contributed by atoms with Crippen LogP contribution in [0.2, 0.25) is 5.28 Å². The second-order valence-corrected chi connectivity index (χ2v) is 2.62. The zero-order chi connectivity index (χ0) is 9.42. The molecule has 0 radical (unpaired) electrons. The number of nitrogens with one attached hydrogen (secondary N) is 1. The lowest BCUT2D eigenvalue weighted by Gasteiger charge is -1.96. The first-order chi connectivity index (χ1) is 6.22. The number of hydrogen-bond donors (Lipinski definition) is 1. The second kappa shape index (κ2) is 2.74. The van der Waals surface area contributed by atoms with Crippen molar-refractivity contribution in [3.05, 3.63) is 22.0 Å². The van der Waals surface area contributed by atoms with Gasteiger partial charge in [-0.1, -0.05) is 0 Å². The molecule has 0 saturated heterocycles. The average Bonchev–Trinajstić information content (AvgIpc) is 2.40. The minimum absolute atomic E-state index is 0.0669. The molecule has 68 valence electrons. The predicted molar refractivity (Wildman–Crippen MR) is 45.7 cm³/mol. The molecule has 2 rings (SSSR count). The standard InChI is InChI=1S/C6H5ClN4O2/c1-13-11-4-3(9-6(11)12)2-8-5(7)10-4/h2H,1H3,(H,9,12). The minimum Gasteiger partial charge on any atom is -0.411 e. The fraction of sp³-hybridized carbons (Fsp3) is 0.167. The molecule has 7 heteroatoms. The van der Waals surface area contributed by atoms with Crippen LogP contribution < -0.4 is 10.5 Å². The van der Waals surface area contributed by atoms with E-state index in [4.69, 9.17) is 16.4 Å². The van der Waals surface area contributed by atoms with Gasteiger partial charge in [0.15, 0.2) is 0 Å². The van der Waals surface area contributed by atoms with Gasteiger partial charge >= 0.3 is 5.69 Å². The average molecular weight is 201 g/mol. The molecule has 2 aromatic rings. The highest BCUT2D eigenvalue weighted by Gasteiger charge is 2.08. The molecular formula is C6H5ClN4O2. The van der Waals surface area contributed by atoms with Gasteiger partial charge in [0.1, 0.15) is 12.6 Å². The zero-order valence-electron chi connectivity index (χ0n) is 6.61. The Morgan fingerprint density at radius 3 is 3.15 bits per heavy atom. The number of hydrogen-bond acceptors (Lipinski definition) is 4. The molecule has 0 bridgehead atoms. The van der Waals surface area contributed by atoms with Crippen LogP contribution in [0.1, 0.15) is 0 Å². The molecule has 0 atom stereocenters. The van der Waals surface area contributed by atoms with Gasteiger partial charge < -0.3 is 9.82 Å². The number of aromatic nitrogens is 4. The summed E-state index contributed by atoms with van der Waals surface area (Å²) in [5, 5.41) is 0.0669. The fourth-order valence-corrected chi connectivity index (χ4v) is 1.16. The van der Waals surface area contributed by atoms with Crippen molar-refractivity contribution in [3.8, 4) is 0 Å². The number of fused-ring (bicyclic) bond motifs is 1. The molecule has 0 fully saturated rings. The summed E-state index contributed by atoms with van der Waals surface area (Å²) in [5.41, 5.74) is 0.401. The molecule has 2 heterocycles. The molecule has 0 aliphatic carbocycles. The van der Waals surface area contributed by atoms with E-state index in [1.54, 1.807) is 0 Å². The van der Waals surface area contributed by atoms with Gasteiger partial charge in [-0.05, 0) is 11.6 Å². The Labute approximate surface area is 77.1 Å². The monoisotopic (exact) mass is 200 g/mol. The molecule has 13 heavy (non-hydrogen) atoms. The molecule has 1 N–H and O–H groups in total. The highest BCUT2D eigenvalue weighted by molar-refractivity contribution is 6.28. The van der Waals surface area contributed by atoms with Gasteiger partial charge in [0.2, 0.25) is 10.9 Å². The van der Waals surface area contributed by atoms with Crippen molar-refractivity contribution in [2.75, 3.05) is 7.11 Å². The van der Waals surface area contributed by atoms with Crippen LogP contribution in [0.15, 0.2) is 11.0 Å². The van der Waals surface area contributed by atoms with E-state index >= 15 is 0 Å². The summed E-state index contributed by atoms with van der Waals surface area (Å²) in [6.07, 6.45) is 1.42. The molecule has 0 amide bonds. The summed E-state index contributed by atoms with van der Waals surface area (Å²) in [6.45, 7) is 0. The zero-order valence-corrected chi connectivity index (χ0v) is 7.37. The number of halogens is 1. The topological polar surface area (TPSA) is 72.8 Å². The normalized spacial score (nSPS) is 10.6. The Morgan fingerprint density at radius 2 is 2.46 bits per heavy atom. The van der Waals surface area contributed by atoms with E-state index in [1.807, 2.05) is 0 Å². The Hall–Kier alpha value is -1.56. The van der Waals surface area contributed by atoms with Crippen LogP contribution in [-0.4, -0.2) is 26.8 Å². The van der Waals surface area contributed by atoms with Gasteiger partial charge in [0, 0.05) is 0 Å². The fourth-order valence-electron chi connectivity index (χ4n) is 1.03. The first-order valence-electron chi connectivity index (χ1n) is 3.40. The molecule has 0 aliphatic heterocycles. The number of H-pyrrole nitrogens is 1. The molecular weight excluding hydrogens is 196 g/mol. The van der Waals surface area contributed by atoms with Crippen molar-refractivity contribution >= 4 is 22.8 Å². The van der Waals surface area contributed by atoms with Crippen LogP contribution in [0.4, 0.5) is 0 Å². The largest absolute Gasteiger partial charge is 0.411 e. The van der Waals surface area contributed by atoms with Crippen LogP contribution >= 0.6 is 11.6 Å². The lowest BCUT2D eigenvalue weighted by Crippen LogP contribution is -2.21. The van der Waals surface area contributed by atoms with Crippen LogP contribution in [0.25, 0.3) is 11.2 Å². The molecule has 0 unspecified atom stereocenters. The number of imidazole rings is 1. The van der Waals surface area contributed by atoms with Gasteiger partial charge in [-0.25, -0.2) is 9.78 Å². The predicted octanol–water partition coefficient (Wildman–Crippen LogP) is -0.169. The quantitative estimate of drug-likeness (QED) is 0.649. The van der Waals surface area contributed by atoms with Crippen LogP contribution in [-0.2, 0) is 0 Å². The van der Waals surface area contributed by atoms with Gasteiger partial charge in [-0.2, -0.15) is 4.98 Å². The van der Waals surface area contributed by atoms with E-state index < -0.39 is 5.69 Å². The smallest absolute Gasteiger partial charge is 0.361 e. The molecule has 6 nitrogen and oxygen atoms in total. The van der Waals surface area contributed by atoms with Crippen molar-refractivity contribution in [1.82, 2.24) is 19.7 Å². The Morgan fingerprint density at radius 1 is 1.69 bits per heavy atom. The molecule has 0 aromatic carbocycles. The summed E-state index contributed by atoms with van der Waals surface area (Å²) >= 11 is 5.55. The van der Waals surface area contributed by atoms with E-state index in [0.717, 1.165) is 4.73 Å². The molecule has 0 aliphatic rings. The van der Waals surface area contributed by atoms with E-state index in [0.29, 0.717) is 11.2 Å². The SMILES string of the molecule is COn1c(=O)[nH]c2cnc(Cl)nc21. The molecule has 0 saturated carbocycles. The Balaban J connectivity index is 2.89. The third kappa shape index (κ3) is 1.15. The van der Waals surface area contributed by atoms with Crippen molar-refractivity contribution < 1.29 is 4.84 Å². The van der Waals surface area contributed by atoms with Gasteiger partial charge in [-0.3, -0.25) is 0 Å². The van der Waals surface area contributed by atoms with Crippen LogP contribution in [0, 0.1) is 0 Å². The highest BCUT2D eigenvalue weighted by Crippen LogP contribution is 2.07. The van der Waals surface area contributed by atoms with Crippen LogP contribution in [0.3, 0.4) is 0 Å². The van der Waals surface area contributed by atoms with Crippen molar-refractivity contribution in [3.63, 3.8) is 0 Å². The lowest BCUT2D eigenvalue weighted by molar-refractivity contribution is 0.167. The first-order valence-corrected chi connectivity index (χ1v) is 3.78. The van der Waals surface area contributed by atoms with Crippen molar-refractivity contribution in [2.45, 2.75) is 0 Å². The summed E-state index contributed by atoms with van der Waals surface area (Å²) in [7, 11) is 1.37. The summed E-state index contributed by atoms with van der Waals surface area (Å²) in [6, 6.07) is 0. The second-order valence-electron chi connectivity index (χ2n) is 2.28. The summed E-state index contributed by atoms with van der Waals surface area (Å²) < 4.78 is 1.00. The first kappa shape index (κ1) is 8.06. The maximum absolute atomic E-state index is 11.2. The van der Waals surface area contributed by atoms with Gasteiger partial charge in [0.25, 0.3) is 0 Å². The van der Waals surface area contributed by atoms with Crippen molar-refractivity contribution in [2.24, 2.45) is 0 Å². The number of aromatic amines is 1. The van der Waals surface area contributed by atoms with E-state index in [9.17, 15) is 4.79 Å². The highest BCUT2D eigenvalue weighted by atomic mass is 35.5. The Bertz CT molecular complexity index is 503. The summed E-state index contributed by atoms with van der Waals surface area (Å²) in [4.78, 5) is 26.0. The Kier molecular flexibility index (Phi) is 1.70. The van der Waals surface area contributed by atoms with Crippen LogP contribution in [0.5, 0.6) is 0 Å². The minimum atomic E-state index is -0.408. The number of nitrogens with zero attached hydrogens (tertiary/aromatic N) is 3. The van der Waals surface area contributed by atoms with E-state index in [1.165, 1.54) is 13.3 Å². The lowest BCUT2D eigenvalue weighted by atomic mass is 10.6. The van der Waals surface area contributed by atoms with Gasteiger partial charge in [-0.15, -0.1) is 4.73 Å². The maximum Gasteiger partial charge on any atom is 0.361 e. The molecule has 0 spiro atoms. The number of rotatable bonds is 1. The third-order valence-electron chi connectivity index (χ3n) is 1.54. The third-order valence-corrected chi connectivity index (χ3v) is 1.72.